The lowest BCUT2D eigenvalue weighted by Crippen LogP contribution is -2.28. The van der Waals surface area contributed by atoms with Gasteiger partial charge in [-0.05, 0) is 50.8 Å². The summed E-state index contributed by atoms with van der Waals surface area (Å²) in [5.74, 6) is 0.132. The van der Waals surface area contributed by atoms with Gasteiger partial charge in [-0.1, -0.05) is 25.0 Å². The minimum Gasteiger partial charge on any atom is -0.339 e. The number of benzene rings is 1. The number of nitrogens with zero attached hydrogens (tertiary/aromatic N) is 4. The Labute approximate surface area is 166 Å². The molecule has 0 saturated carbocycles. The number of likely N-dealkylation sites (tertiary alicyclic amines) is 1. The highest BCUT2D eigenvalue weighted by molar-refractivity contribution is 6.09. The molecule has 0 bridgehead atoms. The van der Waals surface area contributed by atoms with Crippen molar-refractivity contribution < 1.29 is 4.79 Å². The first-order valence-corrected chi connectivity index (χ1v) is 10.3. The van der Waals surface area contributed by atoms with Crippen LogP contribution in [0.4, 0.5) is 0 Å². The molecule has 4 rings (SSSR count). The molecule has 2 aromatic heterocycles. The van der Waals surface area contributed by atoms with Crippen molar-refractivity contribution in [3.8, 4) is 11.3 Å². The van der Waals surface area contributed by atoms with Crippen LogP contribution in [0.2, 0.25) is 0 Å². The lowest BCUT2D eigenvalue weighted by molar-refractivity contribution is 0.0794. The summed E-state index contributed by atoms with van der Waals surface area (Å²) in [5, 5.41) is 5.45. The van der Waals surface area contributed by atoms with Crippen LogP contribution in [-0.4, -0.2) is 38.7 Å². The van der Waals surface area contributed by atoms with Gasteiger partial charge in [-0.25, -0.2) is 4.98 Å². The maximum atomic E-state index is 13.4. The van der Waals surface area contributed by atoms with Crippen LogP contribution in [0.25, 0.3) is 22.2 Å². The van der Waals surface area contributed by atoms with E-state index >= 15 is 0 Å². The summed E-state index contributed by atoms with van der Waals surface area (Å²) < 4.78 is 1.97. The Bertz CT molecular complexity index is 1010. The lowest BCUT2D eigenvalue weighted by atomic mass is 9.97. The Morgan fingerprint density at radius 1 is 1.18 bits per heavy atom. The largest absolute Gasteiger partial charge is 0.339 e. The van der Waals surface area contributed by atoms with Crippen molar-refractivity contribution in [3.05, 3.63) is 47.3 Å². The number of fused-ring (bicyclic) bond motifs is 1. The molecular weight excluding hydrogens is 348 g/mol. The van der Waals surface area contributed by atoms with Crippen LogP contribution in [-0.2, 0) is 6.54 Å². The molecule has 5 heteroatoms. The summed E-state index contributed by atoms with van der Waals surface area (Å²) in [6.07, 6.45) is 8.33. The third-order valence-electron chi connectivity index (χ3n) is 5.64. The number of pyridine rings is 1. The molecule has 0 spiro atoms. The van der Waals surface area contributed by atoms with Gasteiger partial charge in [-0.15, -0.1) is 0 Å². The fourth-order valence-corrected chi connectivity index (χ4v) is 4.04. The summed E-state index contributed by atoms with van der Waals surface area (Å²) in [6, 6.07) is 6.17. The van der Waals surface area contributed by atoms with Gasteiger partial charge in [0.2, 0.25) is 0 Å². The van der Waals surface area contributed by atoms with Crippen molar-refractivity contribution in [2.75, 3.05) is 13.1 Å². The van der Waals surface area contributed by atoms with E-state index in [1.807, 2.05) is 28.8 Å². The normalized spacial score (nSPS) is 14.2. The van der Waals surface area contributed by atoms with Gasteiger partial charge in [0.1, 0.15) is 0 Å². The number of unbranched alkanes of at least 4 members (excludes halogenated alkanes) is 1. The number of aromatic nitrogens is 3. The second kappa shape index (κ2) is 7.74. The molecule has 3 aromatic rings. The molecule has 1 aliphatic heterocycles. The lowest BCUT2D eigenvalue weighted by Gasteiger charge is -2.20. The minimum atomic E-state index is 0.132. The van der Waals surface area contributed by atoms with E-state index in [4.69, 9.17) is 4.98 Å². The zero-order chi connectivity index (χ0) is 19.7. The van der Waals surface area contributed by atoms with Gasteiger partial charge >= 0.3 is 0 Å². The standard InChI is InChI=1S/C23H28N4O/c1-4-5-12-27-15-18(14-24-27)22-17(3)21(23(28)26-10-6-7-11-26)19-13-16(2)8-9-20(19)25-22/h8-9,13-15H,4-7,10-12H2,1-3H3. The van der Waals surface area contributed by atoms with E-state index < -0.39 is 0 Å². The summed E-state index contributed by atoms with van der Waals surface area (Å²) in [4.78, 5) is 20.3. The third-order valence-corrected chi connectivity index (χ3v) is 5.64. The number of hydrogen-bond donors (Lipinski definition) is 0. The van der Waals surface area contributed by atoms with Gasteiger partial charge < -0.3 is 4.90 Å². The molecule has 5 nitrogen and oxygen atoms in total. The van der Waals surface area contributed by atoms with Gasteiger partial charge in [0.05, 0.1) is 23.0 Å². The maximum absolute atomic E-state index is 13.4. The van der Waals surface area contributed by atoms with Crippen LogP contribution < -0.4 is 0 Å². The van der Waals surface area contributed by atoms with E-state index in [-0.39, 0.29) is 5.91 Å². The number of carbonyl (C=O) groups is 1. The molecule has 0 aliphatic carbocycles. The molecule has 1 fully saturated rings. The minimum absolute atomic E-state index is 0.132. The number of hydrogen-bond acceptors (Lipinski definition) is 3. The molecule has 3 heterocycles. The highest BCUT2D eigenvalue weighted by Crippen LogP contribution is 2.31. The third kappa shape index (κ3) is 3.41. The number of aryl methyl sites for hydroxylation is 2. The van der Waals surface area contributed by atoms with E-state index in [1.165, 1.54) is 0 Å². The van der Waals surface area contributed by atoms with Crippen LogP contribution >= 0.6 is 0 Å². The first kappa shape index (κ1) is 18.7. The topological polar surface area (TPSA) is 51.0 Å². The van der Waals surface area contributed by atoms with Crippen molar-refractivity contribution in [1.29, 1.82) is 0 Å². The summed E-state index contributed by atoms with van der Waals surface area (Å²) in [7, 11) is 0. The average Bonchev–Trinajstić information content (AvgIpc) is 3.37. The molecule has 0 unspecified atom stereocenters. The Morgan fingerprint density at radius 2 is 1.96 bits per heavy atom. The molecular formula is C23H28N4O. The summed E-state index contributed by atoms with van der Waals surface area (Å²) in [5.41, 5.74) is 5.60. The Balaban J connectivity index is 1.86. The van der Waals surface area contributed by atoms with Crippen LogP contribution in [0.5, 0.6) is 0 Å². The summed E-state index contributed by atoms with van der Waals surface area (Å²) >= 11 is 0. The van der Waals surface area contributed by atoms with Crippen LogP contribution in [0, 0.1) is 13.8 Å². The molecule has 146 valence electrons. The molecule has 1 saturated heterocycles. The van der Waals surface area contributed by atoms with Gasteiger partial charge in [0.15, 0.2) is 0 Å². The number of amides is 1. The summed E-state index contributed by atoms with van der Waals surface area (Å²) in [6.45, 7) is 8.86. The van der Waals surface area contributed by atoms with Crippen molar-refractivity contribution in [1.82, 2.24) is 19.7 Å². The predicted octanol–water partition coefficient (Wildman–Crippen LogP) is 4.75. The van der Waals surface area contributed by atoms with Crippen LogP contribution in [0.1, 0.15) is 54.1 Å². The van der Waals surface area contributed by atoms with E-state index in [0.29, 0.717) is 0 Å². The fraction of sp³-hybridized carbons (Fsp3) is 0.435. The molecule has 0 radical (unpaired) electrons. The molecule has 28 heavy (non-hydrogen) atoms. The zero-order valence-electron chi connectivity index (χ0n) is 17.0. The van der Waals surface area contributed by atoms with Crippen LogP contribution in [0.15, 0.2) is 30.6 Å². The van der Waals surface area contributed by atoms with Gasteiger partial charge in [0.25, 0.3) is 5.91 Å². The first-order valence-electron chi connectivity index (χ1n) is 10.3. The van der Waals surface area contributed by atoms with E-state index in [0.717, 1.165) is 84.2 Å². The van der Waals surface area contributed by atoms with Crippen LogP contribution in [0.3, 0.4) is 0 Å². The smallest absolute Gasteiger partial charge is 0.254 e. The Morgan fingerprint density at radius 3 is 2.71 bits per heavy atom. The van der Waals surface area contributed by atoms with Gasteiger partial charge in [0, 0.05) is 36.8 Å². The SMILES string of the molecule is CCCCn1cc(-c2nc3ccc(C)cc3c(C(=O)N3CCCC3)c2C)cn1. The van der Waals surface area contributed by atoms with Crippen molar-refractivity contribution >= 4 is 16.8 Å². The van der Waals surface area contributed by atoms with Gasteiger partial charge in [-0.2, -0.15) is 5.10 Å². The average molecular weight is 377 g/mol. The predicted molar refractivity (Wildman–Crippen MR) is 112 cm³/mol. The number of carbonyl (C=O) groups excluding carboxylic acids is 1. The first-order chi connectivity index (χ1) is 13.6. The quantitative estimate of drug-likeness (QED) is 0.645. The molecule has 1 aromatic carbocycles. The van der Waals surface area contributed by atoms with Crippen molar-refractivity contribution in [2.45, 2.75) is 53.0 Å². The van der Waals surface area contributed by atoms with E-state index in [2.05, 4.69) is 37.3 Å². The van der Waals surface area contributed by atoms with Crippen molar-refractivity contribution in [3.63, 3.8) is 0 Å². The second-order valence-corrected chi connectivity index (χ2v) is 7.83. The van der Waals surface area contributed by atoms with Crippen molar-refractivity contribution in [2.24, 2.45) is 0 Å². The number of rotatable bonds is 5. The molecule has 1 amide bonds. The Kier molecular flexibility index (Phi) is 5.16. The monoisotopic (exact) mass is 376 g/mol. The Hall–Kier alpha value is -2.69. The fourth-order valence-electron chi connectivity index (χ4n) is 4.04. The second-order valence-electron chi connectivity index (χ2n) is 7.83. The van der Waals surface area contributed by atoms with E-state index in [9.17, 15) is 4.79 Å². The highest BCUT2D eigenvalue weighted by atomic mass is 16.2. The molecule has 0 atom stereocenters. The zero-order valence-corrected chi connectivity index (χ0v) is 17.0. The molecule has 1 aliphatic rings. The maximum Gasteiger partial charge on any atom is 0.254 e. The van der Waals surface area contributed by atoms with E-state index in [1.54, 1.807) is 0 Å². The molecule has 0 N–H and O–H groups in total. The highest BCUT2D eigenvalue weighted by Gasteiger charge is 2.25. The van der Waals surface area contributed by atoms with Gasteiger partial charge in [-0.3, -0.25) is 9.48 Å².